The Labute approximate surface area is 130 Å². The van der Waals surface area contributed by atoms with Gasteiger partial charge in [0.2, 0.25) is 0 Å². The minimum Gasteiger partial charge on any atom is -0.491 e. The minimum absolute atomic E-state index is 0.0623. The Morgan fingerprint density at radius 3 is 2.82 bits per heavy atom. The number of aliphatic hydroxyl groups excluding tert-OH is 1. The maximum Gasteiger partial charge on any atom is 0.188 e. The second-order valence-corrected chi connectivity index (χ2v) is 4.62. The van der Waals surface area contributed by atoms with Crippen LogP contribution in [0.4, 0.5) is 4.39 Å². The Hall–Kier alpha value is -1.86. The Morgan fingerprint density at radius 2 is 2.14 bits per heavy atom. The van der Waals surface area contributed by atoms with Crippen LogP contribution >= 0.6 is 0 Å². The molecule has 1 aromatic rings. The number of nitrogens with two attached hydrogens (primary N) is 1. The highest BCUT2D eigenvalue weighted by Crippen LogP contribution is 2.11. The third kappa shape index (κ3) is 8.43. The van der Waals surface area contributed by atoms with E-state index in [1.807, 2.05) is 6.92 Å². The molecule has 0 aliphatic carbocycles. The Morgan fingerprint density at radius 1 is 1.41 bits per heavy atom. The van der Waals surface area contributed by atoms with Crippen LogP contribution in [-0.2, 0) is 4.74 Å². The smallest absolute Gasteiger partial charge is 0.188 e. The van der Waals surface area contributed by atoms with Gasteiger partial charge in [-0.2, -0.15) is 0 Å². The molecule has 22 heavy (non-hydrogen) atoms. The van der Waals surface area contributed by atoms with Gasteiger partial charge in [0.1, 0.15) is 24.3 Å². The van der Waals surface area contributed by atoms with E-state index in [1.54, 1.807) is 0 Å². The number of benzene rings is 1. The summed E-state index contributed by atoms with van der Waals surface area (Å²) < 4.78 is 23.2. The molecule has 0 heterocycles. The van der Waals surface area contributed by atoms with E-state index in [0.29, 0.717) is 25.5 Å². The van der Waals surface area contributed by atoms with Gasteiger partial charge in [0.05, 0.1) is 6.54 Å². The zero-order chi connectivity index (χ0) is 16.2. The molecule has 1 aromatic carbocycles. The van der Waals surface area contributed by atoms with Crippen LogP contribution in [0, 0.1) is 5.82 Å². The number of aliphatic imine (C=N–C) groups is 1. The second kappa shape index (κ2) is 10.8. The maximum atomic E-state index is 12.7. The first-order valence-corrected chi connectivity index (χ1v) is 7.29. The number of rotatable bonds is 10. The lowest BCUT2D eigenvalue weighted by atomic mass is 10.3. The molecule has 0 amide bonds. The van der Waals surface area contributed by atoms with Gasteiger partial charge in [-0.05, 0) is 37.6 Å². The molecular weight excluding hydrogens is 289 g/mol. The van der Waals surface area contributed by atoms with Gasteiger partial charge in [0.25, 0.3) is 0 Å². The molecule has 0 radical (unpaired) electrons. The fourth-order valence-corrected chi connectivity index (χ4v) is 1.57. The van der Waals surface area contributed by atoms with E-state index in [0.717, 1.165) is 6.42 Å². The number of hydrogen-bond donors (Lipinski definition) is 3. The van der Waals surface area contributed by atoms with Crippen molar-refractivity contribution < 1.29 is 19.0 Å². The summed E-state index contributed by atoms with van der Waals surface area (Å²) in [4.78, 5) is 4.02. The maximum absolute atomic E-state index is 12.7. The summed E-state index contributed by atoms with van der Waals surface area (Å²) >= 11 is 0. The summed E-state index contributed by atoms with van der Waals surface area (Å²) in [6.07, 6.45) is 0.0501. The van der Waals surface area contributed by atoms with E-state index < -0.39 is 6.10 Å². The number of nitrogens with zero attached hydrogens (tertiary/aromatic N) is 1. The predicted octanol–water partition coefficient (Wildman–Crippen LogP) is 0.896. The second-order valence-electron chi connectivity index (χ2n) is 4.62. The molecular formula is C15H24FN3O3. The van der Waals surface area contributed by atoms with Gasteiger partial charge in [-0.15, -0.1) is 0 Å². The lowest BCUT2D eigenvalue weighted by Crippen LogP contribution is -2.34. The lowest BCUT2D eigenvalue weighted by molar-refractivity contribution is 0.114. The summed E-state index contributed by atoms with van der Waals surface area (Å²) in [6.45, 7) is 4.17. The van der Waals surface area contributed by atoms with Crippen molar-refractivity contribution in [2.24, 2.45) is 10.7 Å². The highest BCUT2D eigenvalue weighted by molar-refractivity contribution is 5.77. The van der Waals surface area contributed by atoms with Crippen molar-refractivity contribution in [3.63, 3.8) is 0 Å². The average molecular weight is 313 g/mol. The first kappa shape index (κ1) is 18.2. The van der Waals surface area contributed by atoms with Crippen LogP contribution in [0.1, 0.15) is 13.3 Å². The van der Waals surface area contributed by atoms with Crippen molar-refractivity contribution in [2.75, 3.05) is 32.9 Å². The Bertz CT molecular complexity index is 440. The highest BCUT2D eigenvalue weighted by Gasteiger charge is 2.05. The fourth-order valence-electron chi connectivity index (χ4n) is 1.57. The number of halogens is 1. The van der Waals surface area contributed by atoms with Crippen molar-refractivity contribution in [1.82, 2.24) is 5.32 Å². The van der Waals surface area contributed by atoms with Crippen LogP contribution in [0.25, 0.3) is 0 Å². The molecule has 4 N–H and O–H groups in total. The van der Waals surface area contributed by atoms with E-state index in [1.165, 1.54) is 24.3 Å². The summed E-state index contributed by atoms with van der Waals surface area (Å²) in [5.74, 6) is 0.435. The first-order chi connectivity index (χ1) is 10.6. The highest BCUT2D eigenvalue weighted by atomic mass is 19.1. The Kier molecular flexibility index (Phi) is 8.94. The third-order valence-electron chi connectivity index (χ3n) is 2.70. The summed E-state index contributed by atoms with van der Waals surface area (Å²) in [6, 6.07) is 5.59. The van der Waals surface area contributed by atoms with Crippen LogP contribution < -0.4 is 15.8 Å². The number of guanidine groups is 1. The normalized spacial score (nSPS) is 13.0. The van der Waals surface area contributed by atoms with Crippen molar-refractivity contribution in [2.45, 2.75) is 19.4 Å². The molecule has 7 heteroatoms. The molecule has 0 fully saturated rings. The Balaban J connectivity index is 2.16. The number of aliphatic hydroxyl groups is 1. The SMILES string of the molecule is CCOCCCNC(N)=NCC(O)COc1ccc(F)cc1. The van der Waals surface area contributed by atoms with Crippen LogP contribution in [-0.4, -0.2) is 50.1 Å². The molecule has 0 saturated heterocycles. The van der Waals surface area contributed by atoms with Crippen molar-refractivity contribution in [3.05, 3.63) is 30.1 Å². The van der Waals surface area contributed by atoms with Crippen LogP contribution in [0.2, 0.25) is 0 Å². The van der Waals surface area contributed by atoms with Crippen molar-refractivity contribution in [1.29, 1.82) is 0 Å². The monoisotopic (exact) mass is 313 g/mol. The fraction of sp³-hybridized carbons (Fsp3) is 0.533. The standard InChI is InChI=1S/C15H24FN3O3/c1-2-21-9-3-8-18-15(17)19-10-13(20)11-22-14-6-4-12(16)5-7-14/h4-7,13,20H,2-3,8-11H2,1H3,(H3,17,18,19). The van der Waals surface area contributed by atoms with Crippen molar-refractivity contribution in [3.8, 4) is 5.75 Å². The number of hydrogen-bond acceptors (Lipinski definition) is 4. The quantitative estimate of drug-likeness (QED) is 0.339. The largest absolute Gasteiger partial charge is 0.491 e. The molecule has 0 aliphatic heterocycles. The zero-order valence-electron chi connectivity index (χ0n) is 12.8. The van der Waals surface area contributed by atoms with Gasteiger partial charge in [-0.3, -0.25) is 4.99 Å². The van der Waals surface area contributed by atoms with Crippen molar-refractivity contribution >= 4 is 5.96 Å². The van der Waals surface area contributed by atoms with E-state index in [9.17, 15) is 9.50 Å². The third-order valence-corrected chi connectivity index (χ3v) is 2.70. The minimum atomic E-state index is -0.783. The topological polar surface area (TPSA) is 89.1 Å². The van der Waals surface area contributed by atoms with E-state index in [-0.39, 0.29) is 24.9 Å². The summed E-state index contributed by atoms with van der Waals surface area (Å²) in [7, 11) is 0. The molecule has 0 aliphatic rings. The number of nitrogens with one attached hydrogen (secondary N) is 1. The van der Waals surface area contributed by atoms with E-state index >= 15 is 0 Å². The summed E-state index contributed by atoms with van der Waals surface area (Å²) in [5.41, 5.74) is 5.67. The number of ether oxygens (including phenoxy) is 2. The summed E-state index contributed by atoms with van der Waals surface area (Å²) in [5, 5.41) is 12.7. The molecule has 1 unspecified atom stereocenters. The van der Waals surface area contributed by atoms with Gasteiger partial charge in [-0.25, -0.2) is 4.39 Å². The molecule has 0 bridgehead atoms. The van der Waals surface area contributed by atoms with Gasteiger partial charge < -0.3 is 25.6 Å². The predicted molar refractivity (Wildman–Crippen MR) is 83.5 cm³/mol. The van der Waals surface area contributed by atoms with E-state index in [2.05, 4.69) is 10.3 Å². The molecule has 0 saturated carbocycles. The molecule has 0 spiro atoms. The van der Waals surface area contributed by atoms with Gasteiger partial charge >= 0.3 is 0 Å². The zero-order valence-corrected chi connectivity index (χ0v) is 12.8. The molecule has 0 aromatic heterocycles. The van der Waals surface area contributed by atoms with Crippen LogP contribution in [0.5, 0.6) is 5.75 Å². The first-order valence-electron chi connectivity index (χ1n) is 7.29. The lowest BCUT2D eigenvalue weighted by Gasteiger charge is -2.11. The van der Waals surface area contributed by atoms with Gasteiger partial charge in [-0.1, -0.05) is 0 Å². The van der Waals surface area contributed by atoms with Gasteiger partial charge in [0, 0.05) is 19.8 Å². The van der Waals surface area contributed by atoms with Crippen LogP contribution in [0.15, 0.2) is 29.3 Å². The van der Waals surface area contributed by atoms with Gasteiger partial charge in [0.15, 0.2) is 5.96 Å². The average Bonchev–Trinajstić information content (AvgIpc) is 2.52. The van der Waals surface area contributed by atoms with E-state index in [4.69, 9.17) is 15.2 Å². The molecule has 6 nitrogen and oxygen atoms in total. The van der Waals surface area contributed by atoms with Crippen LogP contribution in [0.3, 0.4) is 0 Å². The molecule has 1 atom stereocenters. The molecule has 124 valence electrons. The molecule has 1 rings (SSSR count).